The quantitative estimate of drug-likeness (QED) is 0.243. The van der Waals surface area contributed by atoms with Gasteiger partial charge < -0.3 is 0 Å². The molecule has 4 aromatic rings. The van der Waals surface area contributed by atoms with Crippen LogP contribution in [0.1, 0.15) is 77.5 Å². The van der Waals surface area contributed by atoms with Gasteiger partial charge >= 0.3 is 0 Å². The van der Waals surface area contributed by atoms with E-state index in [0.717, 1.165) is 41.5 Å². The van der Waals surface area contributed by atoms with Crippen LogP contribution in [0.3, 0.4) is 0 Å². The fourth-order valence-corrected chi connectivity index (χ4v) is 8.87. The van der Waals surface area contributed by atoms with Gasteiger partial charge in [0.05, 0.1) is 0 Å². The van der Waals surface area contributed by atoms with Crippen LogP contribution in [0.5, 0.6) is 0 Å². The lowest BCUT2D eigenvalue weighted by Gasteiger charge is -2.67. The summed E-state index contributed by atoms with van der Waals surface area (Å²) in [6.45, 7) is 0. The van der Waals surface area contributed by atoms with Crippen LogP contribution < -0.4 is 0 Å². The Kier molecular flexibility index (Phi) is 5.74. The van der Waals surface area contributed by atoms with Gasteiger partial charge in [-0.15, -0.1) is 12.8 Å². The second-order valence-electron chi connectivity index (χ2n) is 12.5. The second kappa shape index (κ2) is 9.34. The summed E-state index contributed by atoms with van der Waals surface area (Å²) in [7, 11) is 0. The predicted molar refractivity (Wildman–Crippen MR) is 164 cm³/mol. The molecule has 0 radical (unpaired) electrons. The van der Waals surface area contributed by atoms with Crippen LogP contribution in [-0.4, -0.2) is 0 Å². The zero-order chi connectivity index (χ0) is 27.2. The van der Waals surface area contributed by atoms with Crippen LogP contribution in [-0.2, 0) is 16.2 Å². The van der Waals surface area contributed by atoms with Crippen LogP contribution in [0.2, 0.25) is 0 Å². The Morgan fingerprint density at radius 2 is 0.875 bits per heavy atom. The van der Waals surface area contributed by atoms with E-state index >= 15 is 0 Å². The highest BCUT2D eigenvalue weighted by molar-refractivity contribution is 5.50. The lowest BCUT2D eigenvalue weighted by atomic mass is 9.36. The van der Waals surface area contributed by atoms with Crippen LogP contribution in [0, 0.1) is 42.4 Å². The van der Waals surface area contributed by atoms with Gasteiger partial charge in [-0.25, -0.2) is 0 Å². The fraction of sp³-hybridized carbons (Fsp3) is 0.250. The van der Waals surface area contributed by atoms with Gasteiger partial charge in [0.1, 0.15) is 0 Å². The minimum Gasteiger partial charge on any atom is -0.115 e. The lowest BCUT2D eigenvalue weighted by molar-refractivity contribution is -0.0493. The van der Waals surface area contributed by atoms with Crippen molar-refractivity contribution < 1.29 is 0 Å². The Hall–Kier alpha value is -4.44. The zero-order valence-electron chi connectivity index (χ0n) is 22.8. The Morgan fingerprint density at radius 1 is 0.475 bits per heavy atom. The van der Waals surface area contributed by atoms with Crippen molar-refractivity contribution in [3.63, 3.8) is 0 Å². The van der Waals surface area contributed by atoms with E-state index in [-0.39, 0.29) is 16.2 Å². The molecule has 0 aliphatic heterocycles. The molecule has 4 aliphatic carbocycles. The smallest absolute Gasteiger partial charge is 0.0251 e. The summed E-state index contributed by atoms with van der Waals surface area (Å²) in [5.41, 5.74) is 8.60. The monoisotopic (exact) mass is 512 g/mol. The Balaban J connectivity index is 1.37. The molecule has 0 heterocycles. The van der Waals surface area contributed by atoms with E-state index in [1.165, 1.54) is 36.0 Å². The first-order valence-corrected chi connectivity index (χ1v) is 14.4. The maximum absolute atomic E-state index is 5.88. The molecule has 4 bridgehead atoms. The summed E-state index contributed by atoms with van der Waals surface area (Å²) >= 11 is 0. The first-order valence-electron chi connectivity index (χ1n) is 14.4. The fourth-order valence-electron chi connectivity index (χ4n) is 8.87. The molecule has 0 spiro atoms. The molecule has 4 aromatic carbocycles. The largest absolute Gasteiger partial charge is 0.115 e. The lowest BCUT2D eigenvalue weighted by Crippen LogP contribution is -2.62. The Morgan fingerprint density at radius 3 is 1.35 bits per heavy atom. The van der Waals surface area contributed by atoms with Crippen molar-refractivity contribution in [1.29, 1.82) is 0 Å². The molecule has 4 aliphatic rings. The number of terminal acetylenes is 2. The normalized spacial score (nSPS) is 27.7. The zero-order valence-corrected chi connectivity index (χ0v) is 22.8. The Labute approximate surface area is 238 Å². The topological polar surface area (TPSA) is 0 Å². The number of hydrogen-bond donors (Lipinski definition) is 0. The van der Waals surface area contributed by atoms with Gasteiger partial charge in [0.25, 0.3) is 0 Å². The molecule has 0 nitrogen and oxygen atoms in total. The van der Waals surface area contributed by atoms with Gasteiger partial charge in [-0.1, -0.05) is 78.3 Å². The van der Waals surface area contributed by atoms with Gasteiger partial charge in [-0.3, -0.25) is 0 Å². The van der Waals surface area contributed by atoms with Crippen molar-refractivity contribution in [2.24, 2.45) is 5.92 Å². The van der Waals surface area contributed by atoms with E-state index in [1.54, 1.807) is 0 Å². The molecule has 2 unspecified atom stereocenters. The summed E-state index contributed by atoms with van der Waals surface area (Å²) in [6, 6.07) is 37.0. The number of benzene rings is 4. The third-order valence-corrected chi connectivity index (χ3v) is 9.95. The van der Waals surface area contributed by atoms with Crippen LogP contribution in [0.25, 0.3) is 0 Å². The number of hydrogen-bond acceptors (Lipinski definition) is 0. The molecule has 0 aromatic heterocycles. The van der Waals surface area contributed by atoms with Crippen LogP contribution in [0.15, 0.2) is 103 Å². The van der Waals surface area contributed by atoms with Crippen molar-refractivity contribution in [1.82, 2.24) is 0 Å². The maximum Gasteiger partial charge on any atom is 0.0251 e. The minimum atomic E-state index is 0.0855. The summed E-state index contributed by atoms with van der Waals surface area (Å²) in [5, 5.41) is 0. The molecule has 4 fully saturated rings. The molecule has 4 saturated carbocycles. The van der Waals surface area contributed by atoms with Gasteiger partial charge in [0.2, 0.25) is 0 Å². The number of rotatable bonds is 3. The van der Waals surface area contributed by atoms with Crippen LogP contribution in [0.4, 0.5) is 0 Å². The summed E-state index contributed by atoms with van der Waals surface area (Å²) in [6.07, 6.45) is 18.9. The molecule has 40 heavy (non-hydrogen) atoms. The highest BCUT2D eigenvalue weighted by Gasteiger charge is 2.64. The van der Waals surface area contributed by atoms with E-state index in [2.05, 4.69) is 109 Å². The molecule has 2 atom stereocenters. The van der Waals surface area contributed by atoms with Crippen LogP contribution >= 0.6 is 0 Å². The molecular weight excluding hydrogens is 480 g/mol. The summed E-state index contributed by atoms with van der Waals surface area (Å²) in [5.74, 6) is 13.3. The highest BCUT2D eigenvalue weighted by Crippen LogP contribution is 2.70. The molecule has 0 heteroatoms. The summed E-state index contributed by atoms with van der Waals surface area (Å²) in [4.78, 5) is 0. The third-order valence-electron chi connectivity index (χ3n) is 9.95. The molecule has 0 N–H and O–H groups in total. The van der Waals surface area contributed by atoms with E-state index in [0.29, 0.717) is 5.92 Å². The highest BCUT2D eigenvalue weighted by atomic mass is 14.7. The van der Waals surface area contributed by atoms with Crippen molar-refractivity contribution in [2.75, 3.05) is 0 Å². The standard InChI is InChI=1S/C40H32/c1-3-30-13-8-16-35(21-30)38-24-34-25-39(27-38,36-17-9-14-31(4-2)22-36)29-40(26-34,28-38)37-18-10-15-33(23-37)20-19-32-11-6-5-7-12-32/h1-2,5-18,21-23,34H,24-29H2. The van der Waals surface area contributed by atoms with Crippen molar-refractivity contribution >= 4 is 0 Å². The van der Waals surface area contributed by atoms with Gasteiger partial charge in [-0.2, -0.15) is 0 Å². The average molecular weight is 513 g/mol. The minimum absolute atomic E-state index is 0.0855. The third kappa shape index (κ3) is 4.06. The molecule has 0 amide bonds. The second-order valence-corrected chi connectivity index (χ2v) is 12.5. The first-order chi connectivity index (χ1) is 19.5. The van der Waals surface area contributed by atoms with Crippen molar-refractivity contribution in [2.45, 2.75) is 54.8 Å². The van der Waals surface area contributed by atoms with E-state index < -0.39 is 0 Å². The predicted octanol–water partition coefficient (Wildman–Crippen LogP) is 8.16. The Bertz CT molecular complexity index is 1670. The molecular formula is C40H32. The van der Waals surface area contributed by atoms with E-state index in [9.17, 15) is 0 Å². The van der Waals surface area contributed by atoms with Crippen molar-refractivity contribution in [3.05, 3.63) is 142 Å². The first kappa shape index (κ1) is 24.6. The molecule has 192 valence electrons. The molecule has 0 saturated heterocycles. The van der Waals surface area contributed by atoms with Gasteiger partial charge in [0, 0.05) is 22.3 Å². The van der Waals surface area contributed by atoms with E-state index in [1.807, 2.05) is 18.2 Å². The average Bonchev–Trinajstić information content (AvgIpc) is 3.00. The summed E-state index contributed by atoms with van der Waals surface area (Å²) < 4.78 is 0. The SMILES string of the molecule is C#Cc1cccc(C23CC4CC(c5cccc(C#C)c5)(C2)CC(c2cccc(C#Cc5ccccc5)c2)(C4)C3)c1. The molecule has 8 rings (SSSR count). The van der Waals surface area contributed by atoms with Gasteiger partial charge in [0.15, 0.2) is 0 Å². The maximum atomic E-state index is 5.88. The van der Waals surface area contributed by atoms with Crippen molar-refractivity contribution in [3.8, 4) is 36.5 Å². The van der Waals surface area contributed by atoms with Gasteiger partial charge in [-0.05, 0) is 126 Å². The van der Waals surface area contributed by atoms with E-state index in [4.69, 9.17) is 12.8 Å².